The molecule has 1 amide bonds. The normalized spacial score (nSPS) is 15.8. The first-order valence-corrected chi connectivity index (χ1v) is 10.8. The fourth-order valence-electron chi connectivity index (χ4n) is 3.88. The van der Waals surface area contributed by atoms with Gasteiger partial charge in [0.2, 0.25) is 0 Å². The van der Waals surface area contributed by atoms with Gasteiger partial charge in [-0.1, -0.05) is 6.07 Å². The highest BCUT2D eigenvalue weighted by Crippen LogP contribution is 2.34. The molecule has 0 bridgehead atoms. The highest BCUT2D eigenvalue weighted by atomic mass is 127. The smallest absolute Gasteiger partial charge is 0.312 e. The SMILES string of the molecule is O=C(c1nnc(-c2cnccn2)o1)N1CCc2[nH]cnc2[C@@H]1c1cc2cccc(I)n2n1. The van der Waals surface area contributed by atoms with Gasteiger partial charge in [-0.25, -0.2) is 14.5 Å². The molecule has 0 spiro atoms. The van der Waals surface area contributed by atoms with Crippen LogP contribution >= 0.6 is 22.6 Å². The van der Waals surface area contributed by atoms with Crippen LogP contribution in [0.2, 0.25) is 0 Å². The quantitative estimate of drug-likeness (QED) is 0.273. The minimum Gasteiger partial charge on any atom is -0.411 e. The third-order valence-electron chi connectivity index (χ3n) is 5.32. The summed E-state index contributed by atoms with van der Waals surface area (Å²) >= 11 is 2.23. The summed E-state index contributed by atoms with van der Waals surface area (Å²) in [6.45, 7) is 0.451. The summed E-state index contributed by atoms with van der Waals surface area (Å²) < 4.78 is 8.46. The number of rotatable bonds is 3. The molecule has 5 aromatic heterocycles. The maximum absolute atomic E-state index is 13.5. The van der Waals surface area contributed by atoms with Crippen LogP contribution in [0.4, 0.5) is 0 Å². The average molecular weight is 539 g/mol. The number of fused-ring (bicyclic) bond motifs is 2. The lowest BCUT2D eigenvalue weighted by Gasteiger charge is -2.32. The molecule has 6 rings (SSSR count). The van der Waals surface area contributed by atoms with Crippen molar-refractivity contribution < 1.29 is 9.21 Å². The minimum absolute atomic E-state index is 0.118. The van der Waals surface area contributed by atoms with Gasteiger partial charge in [-0.05, 0) is 40.8 Å². The van der Waals surface area contributed by atoms with Crippen molar-refractivity contribution in [1.29, 1.82) is 0 Å². The number of halogens is 1. The highest BCUT2D eigenvalue weighted by molar-refractivity contribution is 14.1. The van der Waals surface area contributed by atoms with Crippen molar-refractivity contribution in [3.8, 4) is 11.6 Å². The molecule has 1 aliphatic heterocycles. The number of hydrogen-bond donors (Lipinski definition) is 1. The van der Waals surface area contributed by atoms with Gasteiger partial charge in [0.25, 0.3) is 5.89 Å². The third-order valence-corrected chi connectivity index (χ3v) is 6.13. The van der Waals surface area contributed by atoms with Gasteiger partial charge >= 0.3 is 11.8 Å². The van der Waals surface area contributed by atoms with E-state index in [0.29, 0.717) is 24.4 Å². The fraction of sp³-hybridized carbons (Fsp3) is 0.150. The van der Waals surface area contributed by atoms with Crippen LogP contribution in [0.15, 0.2) is 53.6 Å². The summed E-state index contributed by atoms with van der Waals surface area (Å²) in [6.07, 6.45) is 6.84. The first kappa shape index (κ1) is 19.0. The minimum atomic E-state index is -0.486. The molecule has 11 nitrogen and oxygen atoms in total. The van der Waals surface area contributed by atoms with Crippen molar-refractivity contribution in [2.45, 2.75) is 12.5 Å². The number of pyridine rings is 1. The van der Waals surface area contributed by atoms with Crippen LogP contribution in [0.1, 0.15) is 33.8 Å². The van der Waals surface area contributed by atoms with Gasteiger partial charge in [-0.2, -0.15) is 5.10 Å². The van der Waals surface area contributed by atoms with Gasteiger partial charge in [0.1, 0.15) is 15.4 Å². The van der Waals surface area contributed by atoms with Gasteiger partial charge in [-0.3, -0.25) is 9.78 Å². The number of H-pyrrole nitrogens is 1. The first-order chi connectivity index (χ1) is 15.7. The Morgan fingerprint density at radius 2 is 2.16 bits per heavy atom. The number of imidazole rings is 1. The summed E-state index contributed by atoms with van der Waals surface area (Å²) in [5.74, 6) is -0.372. The van der Waals surface area contributed by atoms with Crippen LogP contribution in [-0.4, -0.2) is 57.1 Å². The van der Waals surface area contributed by atoms with Gasteiger partial charge in [0.15, 0.2) is 0 Å². The lowest BCUT2D eigenvalue weighted by atomic mass is 9.99. The Hall–Kier alpha value is -3.68. The fourth-order valence-corrected chi connectivity index (χ4v) is 4.47. The van der Waals surface area contributed by atoms with Gasteiger partial charge in [-0.15, -0.1) is 10.2 Å². The van der Waals surface area contributed by atoms with Crippen molar-refractivity contribution in [3.63, 3.8) is 0 Å². The van der Waals surface area contributed by atoms with Gasteiger partial charge in [0, 0.05) is 31.1 Å². The van der Waals surface area contributed by atoms with Crippen molar-refractivity contribution in [1.82, 2.24) is 44.6 Å². The van der Waals surface area contributed by atoms with E-state index in [-0.39, 0.29) is 11.8 Å². The maximum atomic E-state index is 13.5. The van der Waals surface area contributed by atoms with Crippen LogP contribution in [0.25, 0.3) is 17.1 Å². The molecular weight excluding hydrogens is 525 g/mol. The predicted octanol–water partition coefficient (Wildman–Crippen LogP) is 2.29. The van der Waals surface area contributed by atoms with E-state index in [1.165, 1.54) is 12.4 Å². The molecule has 0 saturated carbocycles. The van der Waals surface area contributed by atoms with Crippen LogP contribution in [0.3, 0.4) is 0 Å². The topological polar surface area (TPSA) is 131 Å². The van der Waals surface area contributed by atoms with Gasteiger partial charge < -0.3 is 14.3 Å². The Balaban J connectivity index is 1.41. The second-order valence-corrected chi connectivity index (χ2v) is 8.28. The van der Waals surface area contributed by atoms with Crippen LogP contribution < -0.4 is 0 Å². The van der Waals surface area contributed by atoms with Crippen molar-refractivity contribution in [2.24, 2.45) is 0 Å². The van der Waals surface area contributed by atoms with E-state index < -0.39 is 11.9 Å². The molecule has 12 heteroatoms. The van der Waals surface area contributed by atoms with E-state index in [4.69, 9.17) is 9.52 Å². The average Bonchev–Trinajstić information content (AvgIpc) is 3.58. The predicted molar refractivity (Wildman–Crippen MR) is 118 cm³/mol. The third kappa shape index (κ3) is 3.05. The number of amides is 1. The molecule has 5 aromatic rings. The summed E-state index contributed by atoms with van der Waals surface area (Å²) in [5, 5.41) is 12.7. The zero-order chi connectivity index (χ0) is 21.7. The van der Waals surface area contributed by atoms with Gasteiger partial charge in [0.05, 0.1) is 29.4 Å². The number of hydrogen-bond acceptors (Lipinski definition) is 8. The number of aromatic amines is 1. The Kier molecular flexibility index (Phi) is 4.45. The first-order valence-electron chi connectivity index (χ1n) is 9.76. The van der Waals surface area contributed by atoms with E-state index in [0.717, 1.165) is 20.6 Å². The Bertz CT molecular complexity index is 1440. The molecule has 1 aliphatic rings. The number of aromatic nitrogens is 8. The Labute approximate surface area is 194 Å². The van der Waals surface area contributed by atoms with Crippen LogP contribution in [0.5, 0.6) is 0 Å². The standard InChI is InChI=1S/C20H14IN9O2/c21-15-3-1-2-11-8-13(28-30(11)15)17-16-12(24-10-25-16)4-7-29(17)20(31)19-27-26-18(32-19)14-9-22-5-6-23-14/h1-3,5-6,8-10,17H,4,7H2,(H,24,25)/t17-/m0/s1. The molecule has 0 unspecified atom stereocenters. The lowest BCUT2D eigenvalue weighted by molar-refractivity contribution is 0.0646. The van der Waals surface area contributed by atoms with Crippen molar-refractivity contribution >= 4 is 34.0 Å². The Morgan fingerprint density at radius 1 is 1.22 bits per heavy atom. The highest BCUT2D eigenvalue weighted by Gasteiger charge is 2.38. The summed E-state index contributed by atoms with van der Waals surface area (Å²) in [6, 6.07) is 7.40. The molecule has 0 radical (unpaired) electrons. The summed E-state index contributed by atoms with van der Waals surface area (Å²) in [5.41, 5.74) is 3.79. The number of carbonyl (C=O) groups is 1. The van der Waals surface area contributed by atoms with Crippen molar-refractivity contribution in [3.05, 3.63) is 75.9 Å². The lowest BCUT2D eigenvalue weighted by Crippen LogP contribution is -2.41. The molecular formula is C20H14IN9O2. The number of nitrogens with one attached hydrogen (secondary N) is 1. The molecule has 158 valence electrons. The summed E-state index contributed by atoms with van der Waals surface area (Å²) in [7, 11) is 0. The zero-order valence-corrected chi connectivity index (χ0v) is 18.5. The molecule has 1 N–H and O–H groups in total. The van der Waals surface area contributed by atoms with Crippen molar-refractivity contribution in [2.75, 3.05) is 6.54 Å². The van der Waals surface area contributed by atoms with E-state index in [9.17, 15) is 4.79 Å². The zero-order valence-electron chi connectivity index (χ0n) is 16.4. The van der Waals surface area contributed by atoms with E-state index in [2.05, 4.69) is 52.7 Å². The van der Waals surface area contributed by atoms with E-state index >= 15 is 0 Å². The monoisotopic (exact) mass is 539 g/mol. The molecule has 0 aromatic carbocycles. The maximum Gasteiger partial charge on any atom is 0.312 e. The molecule has 6 heterocycles. The molecule has 0 fully saturated rings. The summed E-state index contributed by atoms with van der Waals surface area (Å²) in [4.78, 5) is 30.9. The Morgan fingerprint density at radius 3 is 3.00 bits per heavy atom. The second-order valence-electron chi connectivity index (χ2n) is 7.17. The molecule has 0 saturated heterocycles. The second kappa shape index (κ2) is 7.47. The largest absolute Gasteiger partial charge is 0.411 e. The number of carbonyl (C=O) groups excluding carboxylic acids is 1. The molecule has 32 heavy (non-hydrogen) atoms. The number of nitrogens with zero attached hydrogens (tertiary/aromatic N) is 8. The van der Waals surface area contributed by atoms with Crippen LogP contribution in [-0.2, 0) is 6.42 Å². The molecule has 0 aliphatic carbocycles. The van der Waals surface area contributed by atoms with Crippen LogP contribution in [0, 0.1) is 3.70 Å². The molecule has 1 atom stereocenters. The van der Waals surface area contributed by atoms with E-state index in [1.807, 2.05) is 28.8 Å². The van der Waals surface area contributed by atoms with E-state index in [1.54, 1.807) is 17.4 Å².